The molecule has 0 spiro atoms. The quantitative estimate of drug-likeness (QED) is 0.591. The molecule has 1 unspecified atom stereocenters. The second-order valence-corrected chi connectivity index (χ2v) is 3.63. The summed E-state index contributed by atoms with van der Waals surface area (Å²) in [6, 6.07) is 4.24. The van der Waals surface area contributed by atoms with E-state index in [1.807, 2.05) is 6.92 Å². The molecule has 0 N–H and O–H groups in total. The van der Waals surface area contributed by atoms with Crippen molar-refractivity contribution >= 4 is 17.3 Å². The van der Waals surface area contributed by atoms with E-state index in [-0.39, 0.29) is 16.8 Å². The third kappa shape index (κ3) is 3.36. The first-order valence-corrected chi connectivity index (χ1v) is 5.02. The van der Waals surface area contributed by atoms with Gasteiger partial charge in [-0.05, 0) is 13.0 Å². The van der Waals surface area contributed by atoms with E-state index < -0.39 is 4.92 Å². The Morgan fingerprint density at radius 2 is 2.25 bits per heavy atom. The van der Waals surface area contributed by atoms with Crippen molar-refractivity contribution in [2.24, 2.45) is 0 Å². The van der Waals surface area contributed by atoms with Crippen LogP contribution >= 0.6 is 11.6 Å². The molecule has 0 aliphatic rings. The summed E-state index contributed by atoms with van der Waals surface area (Å²) in [4.78, 5) is 9.97. The summed E-state index contributed by atoms with van der Waals surface area (Å²) in [5, 5.41) is 10.6. The summed E-state index contributed by atoms with van der Waals surface area (Å²) in [6.45, 7) is 2.22. The van der Waals surface area contributed by atoms with Crippen molar-refractivity contribution < 1.29 is 14.4 Å². The second-order valence-electron chi connectivity index (χ2n) is 3.23. The average Bonchev–Trinajstić information content (AvgIpc) is 2.25. The van der Waals surface area contributed by atoms with Crippen LogP contribution in [-0.4, -0.2) is 24.7 Å². The first kappa shape index (κ1) is 12.7. The highest BCUT2D eigenvalue weighted by molar-refractivity contribution is 6.32. The molecule has 0 aliphatic carbocycles. The summed E-state index contributed by atoms with van der Waals surface area (Å²) in [7, 11) is 1.58. The van der Waals surface area contributed by atoms with Gasteiger partial charge in [-0.25, -0.2) is 0 Å². The fourth-order valence-electron chi connectivity index (χ4n) is 1.01. The lowest BCUT2D eigenvalue weighted by atomic mass is 10.3. The number of benzene rings is 1. The maximum absolute atomic E-state index is 10.5. The highest BCUT2D eigenvalue weighted by Crippen LogP contribution is 2.28. The molecule has 6 heteroatoms. The first-order valence-electron chi connectivity index (χ1n) is 4.64. The molecule has 0 saturated heterocycles. The number of rotatable bonds is 5. The molecule has 1 aromatic carbocycles. The Balaban J connectivity index is 2.70. The van der Waals surface area contributed by atoms with E-state index in [4.69, 9.17) is 21.1 Å². The molecule has 5 nitrogen and oxygen atoms in total. The van der Waals surface area contributed by atoms with E-state index in [2.05, 4.69) is 0 Å². The van der Waals surface area contributed by atoms with E-state index in [0.717, 1.165) is 0 Å². The van der Waals surface area contributed by atoms with Crippen LogP contribution in [0, 0.1) is 10.1 Å². The lowest BCUT2D eigenvalue weighted by molar-refractivity contribution is -0.384. The van der Waals surface area contributed by atoms with Gasteiger partial charge in [-0.15, -0.1) is 0 Å². The van der Waals surface area contributed by atoms with Gasteiger partial charge < -0.3 is 9.47 Å². The molecule has 0 saturated carbocycles. The van der Waals surface area contributed by atoms with Crippen LogP contribution in [0.1, 0.15) is 6.92 Å². The molecule has 0 aliphatic heterocycles. The fraction of sp³-hybridized carbons (Fsp3) is 0.400. The number of nitro benzene ring substituents is 1. The molecule has 0 heterocycles. The number of nitro groups is 1. The molecule has 1 rings (SSSR count). The van der Waals surface area contributed by atoms with Crippen molar-refractivity contribution in [1.82, 2.24) is 0 Å². The van der Waals surface area contributed by atoms with Crippen molar-refractivity contribution in [1.29, 1.82) is 0 Å². The van der Waals surface area contributed by atoms with Gasteiger partial charge in [0, 0.05) is 19.2 Å². The van der Waals surface area contributed by atoms with Crippen LogP contribution in [0.15, 0.2) is 18.2 Å². The van der Waals surface area contributed by atoms with Gasteiger partial charge in [0.25, 0.3) is 5.69 Å². The number of methoxy groups -OCH3 is 1. The summed E-state index contributed by atoms with van der Waals surface area (Å²) >= 11 is 5.72. The Labute approximate surface area is 98.1 Å². The number of halogens is 1. The van der Waals surface area contributed by atoms with Crippen LogP contribution in [0.5, 0.6) is 5.75 Å². The molecule has 0 radical (unpaired) electrons. The predicted molar refractivity (Wildman–Crippen MR) is 60.1 cm³/mol. The maximum atomic E-state index is 10.5. The van der Waals surface area contributed by atoms with Gasteiger partial charge in [0.1, 0.15) is 17.4 Å². The average molecular weight is 246 g/mol. The third-order valence-corrected chi connectivity index (χ3v) is 2.31. The zero-order valence-corrected chi connectivity index (χ0v) is 9.73. The molecular formula is C10H12ClNO4. The monoisotopic (exact) mass is 245 g/mol. The van der Waals surface area contributed by atoms with Crippen molar-refractivity contribution in [2.45, 2.75) is 13.0 Å². The van der Waals surface area contributed by atoms with E-state index in [9.17, 15) is 10.1 Å². The molecule has 1 aromatic rings. The predicted octanol–water partition coefficient (Wildman–Crippen LogP) is 2.66. The lowest BCUT2D eigenvalue weighted by Crippen LogP contribution is -2.15. The largest absolute Gasteiger partial charge is 0.491 e. The molecule has 0 aromatic heterocycles. The van der Waals surface area contributed by atoms with Gasteiger partial charge in [-0.3, -0.25) is 10.1 Å². The van der Waals surface area contributed by atoms with Gasteiger partial charge in [0.2, 0.25) is 0 Å². The summed E-state index contributed by atoms with van der Waals surface area (Å²) in [5.74, 6) is 0.486. The van der Waals surface area contributed by atoms with Gasteiger partial charge >= 0.3 is 0 Å². The van der Waals surface area contributed by atoms with Crippen molar-refractivity contribution in [3.8, 4) is 5.75 Å². The highest BCUT2D eigenvalue weighted by Gasteiger charge is 2.12. The lowest BCUT2D eigenvalue weighted by Gasteiger charge is -2.11. The number of ether oxygens (including phenoxy) is 2. The number of nitrogens with zero attached hydrogens (tertiary/aromatic N) is 1. The van der Waals surface area contributed by atoms with Crippen molar-refractivity contribution in [2.75, 3.05) is 13.7 Å². The molecule has 88 valence electrons. The van der Waals surface area contributed by atoms with Gasteiger partial charge in [-0.1, -0.05) is 11.6 Å². The van der Waals surface area contributed by atoms with Crippen molar-refractivity contribution in [3.05, 3.63) is 33.3 Å². The van der Waals surface area contributed by atoms with E-state index >= 15 is 0 Å². The SMILES string of the molecule is COC(C)COc1ccc([N+](=O)[O-])c(Cl)c1. The van der Waals surface area contributed by atoms with Gasteiger partial charge in [0.05, 0.1) is 11.0 Å². The van der Waals surface area contributed by atoms with E-state index in [1.165, 1.54) is 18.2 Å². The van der Waals surface area contributed by atoms with Crippen LogP contribution in [0.4, 0.5) is 5.69 Å². The number of hydrogen-bond donors (Lipinski definition) is 0. The Kier molecular flexibility index (Phi) is 4.52. The summed E-state index contributed by atoms with van der Waals surface area (Å²) < 4.78 is 10.3. The van der Waals surface area contributed by atoms with Crippen molar-refractivity contribution in [3.63, 3.8) is 0 Å². The Bertz CT molecular complexity index is 383. The maximum Gasteiger partial charge on any atom is 0.288 e. The van der Waals surface area contributed by atoms with Crippen LogP contribution in [0.25, 0.3) is 0 Å². The molecule has 0 amide bonds. The number of hydrogen-bond acceptors (Lipinski definition) is 4. The minimum atomic E-state index is -0.538. The van der Waals surface area contributed by atoms with E-state index in [0.29, 0.717) is 12.4 Å². The molecular weight excluding hydrogens is 234 g/mol. The van der Waals surface area contributed by atoms with E-state index in [1.54, 1.807) is 7.11 Å². The van der Waals surface area contributed by atoms with Crippen LogP contribution < -0.4 is 4.74 Å². The summed E-state index contributed by atoms with van der Waals surface area (Å²) in [5.41, 5.74) is -0.131. The Hall–Kier alpha value is -1.33. The fourth-order valence-corrected chi connectivity index (χ4v) is 1.25. The molecule has 1 atom stereocenters. The smallest absolute Gasteiger partial charge is 0.288 e. The zero-order valence-electron chi connectivity index (χ0n) is 8.97. The second kappa shape index (κ2) is 5.67. The Morgan fingerprint density at radius 1 is 1.56 bits per heavy atom. The highest BCUT2D eigenvalue weighted by atomic mass is 35.5. The van der Waals surface area contributed by atoms with Gasteiger partial charge in [-0.2, -0.15) is 0 Å². The van der Waals surface area contributed by atoms with Crippen LogP contribution in [-0.2, 0) is 4.74 Å². The normalized spacial score (nSPS) is 12.2. The molecule has 0 fully saturated rings. The zero-order chi connectivity index (χ0) is 12.1. The standard InChI is InChI=1S/C10H12ClNO4/c1-7(15-2)6-16-8-3-4-10(12(13)14)9(11)5-8/h3-5,7H,6H2,1-2H3. The Morgan fingerprint density at radius 3 is 2.75 bits per heavy atom. The summed E-state index contributed by atoms with van der Waals surface area (Å²) in [6.07, 6.45) is -0.0473. The topological polar surface area (TPSA) is 61.6 Å². The molecule has 0 bridgehead atoms. The van der Waals surface area contributed by atoms with Crippen LogP contribution in [0.3, 0.4) is 0 Å². The van der Waals surface area contributed by atoms with Gasteiger partial charge in [0.15, 0.2) is 0 Å². The first-order chi connectivity index (χ1) is 7.54. The minimum absolute atomic E-state index is 0.0473. The molecule has 16 heavy (non-hydrogen) atoms. The minimum Gasteiger partial charge on any atom is -0.491 e. The van der Waals surface area contributed by atoms with Crippen LogP contribution in [0.2, 0.25) is 5.02 Å². The third-order valence-electron chi connectivity index (χ3n) is 2.00.